The average molecular weight is 284 g/mol. The minimum Gasteiger partial charge on any atom is -0.396 e. The van der Waals surface area contributed by atoms with E-state index in [1.54, 1.807) is 6.92 Å². The van der Waals surface area contributed by atoms with Gasteiger partial charge in [0.25, 0.3) is 0 Å². The number of piperidine rings is 1. The molecule has 2 unspecified atom stereocenters. The Balaban J connectivity index is 2.11. The molecule has 1 aromatic carbocycles. The van der Waals surface area contributed by atoms with Crippen LogP contribution < -0.4 is 4.90 Å². The number of rotatable bonds is 4. The Morgan fingerprint density at radius 3 is 2.89 bits per heavy atom. The first-order valence-electron chi connectivity index (χ1n) is 6.95. The molecule has 1 aromatic rings. The highest BCUT2D eigenvalue weighted by atomic mass is 35.5. The summed E-state index contributed by atoms with van der Waals surface area (Å²) in [6.45, 7) is 4.00. The SMILES string of the molecule is CC(O)c1ccc(N2CCCC(CCO)C2)cc1Cl. The second kappa shape index (κ2) is 6.60. The molecule has 3 nitrogen and oxygen atoms in total. The Morgan fingerprint density at radius 1 is 1.47 bits per heavy atom. The summed E-state index contributed by atoms with van der Waals surface area (Å²) in [6, 6.07) is 5.86. The first-order chi connectivity index (χ1) is 9.11. The molecule has 2 atom stereocenters. The molecule has 0 saturated carbocycles. The number of hydrogen-bond acceptors (Lipinski definition) is 3. The summed E-state index contributed by atoms with van der Waals surface area (Å²) < 4.78 is 0. The maximum absolute atomic E-state index is 9.59. The van der Waals surface area contributed by atoms with Gasteiger partial charge in [0.05, 0.1) is 6.10 Å². The highest BCUT2D eigenvalue weighted by molar-refractivity contribution is 6.31. The first-order valence-corrected chi connectivity index (χ1v) is 7.33. The van der Waals surface area contributed by atoms with Crippen LogP contribution in [0.2, 0.25) is 5.02 Å². The highest BCUT2D eigenvalue weighted by Crippen LogP contribution is 2.30. The zero-order valence-electron chi connectivity index (χ0n) is 11.3. The average Bonchev–Trinajstić information content (AvgIpc) is 2.39. The smallest absolute Gasteiger partial charge is 0.0776 e. The number of aliphatic hydroxyl groups excluding tert-OH is 2. The number of aliphatic hydroxyl groups is 2. The number of benzene rings is 1. The number of nitrogens with zero attached hydrogens (tertiary/aromatic N) is 1. The molecule has 2 N–H and O–H groups in total. The van der Waals surface area contributed by atoms with Gasteiger partial charge in [-0.2, -0.15) is 0 Å². The zero-order valence-corrected chi connectivity index (χ0v) is 12.1. The normalized spacial score (nSPS) is 21.5. The van der Waals surface area contributed by atoms with Crippen LogP contribution in [0.3, 0.4) is 0 Å². The van der Waals surface area contributed by atoms with Crippen LogP contribution in [0.25, 0.3) is 0 Å². The van der Waals surface area contributed by atoms with Crippen molar-refractivity contribution in [2.75, 3.05) is 24.6 Å². The maximum atomic E-state index is 9.59. The highest BCUT2D eigenvalue weighted by Gasteiger charge is 2.20. The molecule has 1 saturated heterocycles. The van der Waals surface area contributed by atoms with Gasteiger partial charge in [-0.25, -0.2) is 0 Å². The van der Waals surface area contributed by atoms with Crippen molar-refractivity contribution >= 4 is 17.3 Å². The van der Waals surface area contributed by atoms with Crippen LogP contribution in [0, 0.1) is 5.92 Å². The summed E-state index contributed by atoms with van der Waals surface area (Å²) in [4.78, 5) is 2.32. The van der Waals surface area contributed by atoms with E-state index in [1.165, 1.54) is 6.42 Å². The van der Waals surface area contributed by atoms with Crippen LogP contribution >= 0.6 is 11.6 Å². The lowest BCUT2D eigenvalue weighted by molar-refractivity contribution is 0.199. The molecule has 0 aromatic heterocycles. The van der Waals surface area contributed by atoms with E-state index < -0.39 is 6.10 Å². The molecule has 0 aliphatic carbocycles. The number of anilines is 1. The molecule has 19 heavy (non-hydrogen) atoms. The summed E-state index contributed by atoms with van der Waals surface area (Å²) in [5, 5.41) is 19.3. The number of halogens is 1. The molecule has 0 amide bonds. The second-order valence-electron chi connectivity index (χ2n) is 5.35. The largest absolute Gasteiger partial charge is 0.396 e. The standard InChI is InChI=1S/C15H22ClNO2/c1-11(19)14-5-4-13(9-15(14)16)17-7-2-3-12(10-17)6-8-18/h4-5,9,11-12,18-19H,2-3,6-8,10H2,1H3. The van der Waals surface area contributed by atoms with Crippen molar-refractivity contribution in [3.63, 3.8) is 0 Å². The second-order valence-corrected chi connectivity index (χ2v) is 5.76. The summed E-state index contributed by atoms with van der Waals surface area (Å²) in [5.74, 6) is 0.564. The molecule has 4 heteroatoms. The van der Waals surface area contributed by atoms with E-state index >= 15 is 0 Å². The third kappa shape index (κ3) is 3.62. The van der Waals surface area contributed by atoms with Crippen LogP contribution in [0.4, 0.5) is 5.69 Å². The molecule has 1 fully saturated rings. The molecule has 0 bridgehead atoms. The summed E-state index contributed by atoms with van der Waals surface area (Å²) in [7, 11) is 0. The van der Waals surface area contributed by atoms with E-state index in [0.29, 0.717) is 10.9 Å². The molecule has 2 rings (SSSR count). The Hall–Kier alpha value is -0.770. The van der Waals surface area contributed by atoms with E-state index in [0.717, 1.165) is 37.2 Å². The van der Waals surface area contributed by atoms with Crippen molar-refractivity contribution in [2.24, 2.45) is 5.92 Å². The van der Waals surface area contributed by atoms with Gasteiger partial charge in [0.15, 0.2) is 0 Å². The van der Waals surface area contributed by atoms with Gasteiger partial charge in [-0.15, -0.1) is 0 Å². The van der Waals surface area contributed by atoms with Gasteiger partial charge >= 0.3 is 0 Å². The fourth-order valence-electron chi connectivity index (χ4n) is 2.77. The van der Waals surface area contributed by atoms with Gasteiger partial charge in [-0.05, 0) is 49.8 Å². The van der Waals surface area contributed by atoms with Gasteiger partial charge < -0.3 is 15.1 Å². The van der Waals surface area contributed by atoms with Crippen LogP contribution in [0.1, 0.15) is 37.9 Å². The molecular weight excluding hydrogens is 262 g/mol. The van der Waals surface area contributed by atoms with E-state index in [2.05, 4.69) is 4.90 Å². The fourth-order valence-corrected chi connectivity index (χ4v) is 3.10. The molecule has 0 spiro atoms. The van der Waals surface area contributed by atoms with E-state index in [-0.39, 0.29) is 6.61 Å². The van der Waals surface area contributed by atoms with Gasteiger partial charge in [-0.3, -0.25) is 0 Å². The molecule has 106 valence electrons. The molecule has 1 aliphatic heterocycles. The zero-order chi connectivity index (χ0) is 13.8. The summed E-state index contributed by atoms with van der Waals surface area (Å²) in [6.07, 6.45) is 2.68. The molecule has 1 aliphatic rings. The van der Waals surface area contributed by atoms with Crippen molar-refractivity contribution in [1.29, 1.82) is 0 Å². The molecular formula is C15H22ClNO2. The van der Waals surface area contributed by atoms with E-state index in [4.69, 9.17) is 16.7 Å². The lowest BCUT2D eigenvalue weighted by Crippen LogP contribution is -2.35. The van der Waals surface area contributed by atoms with Gasteiger partial charge in [0, 0.05) is 30.4 Å². The minimum absolute atomic E-state index is 0.264. The first kappa shape index (κ1) is 14.6. The lowest BCUT2D eigenvalue weighted by atomic mass is 9.94. The predicted octanol–water partition coefficient (Wildman–Crippen LogP) is 2.99. The van der Waals surface area contributed by atoms with E-state index in [9.17, 15) is 5.11 Å². The Morgan fingerprint density at radius 2 is 2.26 bits per heavy atom. The van der Waals surface area contributed by atoms with Gasteiger partial charge in [0.2, 0.25) is 0 Å². The summed E-state index contributed by atoms with van der Waals surface area (Å²) >= 11 is 6.21. The van der Waals surface area contributed by atoms with E-state index in [1.807, 2.05) is 18.2 Å². The van der Waals surface area contributed by atoms with Crippen molar-refractivity contribution in [3.8, 4) is 0 Å². The third-order valence-corrected chi connectivity index (χ3v) is 4.18. The maximum Gasteiger partial charge on any atom is 0.0776 e. The minimum atomic E-state index is -0.537. The van der Waals surface area contributed by atoms with Crippen LogP contribution in [-0.2, 0) is 0 Å². The topological polar surface area (TPSA) is 43.7 Å². The monoisotopic (exact) mass is 283 g/mol. The lowest BCUT2D eigenvalue weighted by Gasteiger charge is -2.34. The molecule has 0 radical (unpaired) electrons. The van der Waals surface area contributed by atoms with Crippen LogP contribution in [0.5, 0.6) is 0 Å². The van der Waals surface area contributed by atoms with Crippen LogP contribution in [0.15, 0.2) is 18.2 Å². The Kier molecular flexibility index (Phi) is 5.08. The Labute approximate surface area is 119 Å². The number of hydrogen-bond donors (Lipinski definition) is 2. The summed E-state index contributed by atoms with van der Waals surface area (Å²) in [5.41, 5.74) is 1.88. The quantitative estimate of drug-likeness (QED) is 0.893. The predicted molar refractivity (Wildman–Crippen MR) is 78.7 cm³/mol. The fraction of sp³-hybridized carbons (Fsp3) is 0.600. The molecule has 1 heterocycles. The Bertz CT molecular complexity index is 421. The third-order valence-electron chi connectivity index (χ3n) is 3.86. The van der Waals surface area contributed by atoms with Crippen molar-refractivity contribution in [3.05, 3.63) is 28.8 Å². The van der Waals surface area contributed by atoms with Crippen LogP contribution in [-0.4, -0.2) is 29.9 Å². The van der Waals surface area contributed by atoms with Gasteiger partial charge in [0.1, 0.15) is 0 Å². The van der Waals surface area contributed by atoms with Crippen molar-refractivity contribution in [2.45, 2.75) is 32.3 Å². The van der Waals surface area contributed by atoms with Crippen molar-refractivity contribution in [1.82, 2.24) is 0 Å². The van der Waals surface area contributed by atoms with Crippen molar-refractivity contribution < 1.29 is 10.2 Å². The van der Waals surface area contributed by atoms with Gasteiger partial charge in [-0.1, -0.05) is 17.7 Å².